The number of nitrogens with one attached hydrogen (secondary N) is 1. The van der Waals surface area contributed by atoms with Gasteiger partial charge in [0.05, 0.1) is 0 Å². The van der Waals surface area contributed by atoms with Gasteiger partial charge in [0, 0.05) is 30.4 Å². The molecule has 0 aliphatic heterocycles. The van der Waals surface area contributed by atoms with Gasteiger partial charge in [0.2, 0.25) is 10.0 Å². The predicted octanol–water partition coefficient (Wildman–Crippen LogP) is 2.48. The van der Waals surface area contributed by atoms with Crippen LogP contribution in [0.1, 0.15) is 18.2 Å². The topological polar surface area (TPSA) is 51.1 Å². The van der Waals surface area contributed by atoms with Crippen LogP contribution >= 0.6 is 11.3 Å². The maximum atomic E-state index is 12.0. The fraction of sp³-hybridized carbons (Fsp3) is 0.385. The molecule has 6 heteroatoms. The van der Waals surface area contributed by atoms with Crippen molar-refractivity contribution in [1.29, 1.82) is 0 Å². The van der Waals surface area contributed by atoms with Crippen LogP contribution in [0, 0.1) is 0 Å². The van der Waals surface area contributed by atoms with Crippen LogP contribution in [0.5, 0.6) is 0 Å². The van der Waals surface area contributed by atoms with Crippen molar-refractivity contribution in [2.24, 2.45) is 0 Å². The molecule has 0 aliphatic carbocycles. The van der Waals surface area contributed by atoms with E-state index >= 15 is 0 Å². The third-order valence-electron chi connectivity index (χ3n) is 2.80. The smallest absolute Gasteiger partial charge is 0.250 e. The van der Waals surface area contributed by atoms with E-state index in [0.717, 1.165) is 24.3 Å². The molecule has 1 N–H and O–H groups in total. The Hall–Kier alpha value is -1.11. The van der Waals surface area contributed by atoms with Crippen LogP contribution in [0.2, 0.25) is 0 Å². The van der Waals surface area contributed by atoms with Crippen LogP contribution in [0.4, 0.5) is 0 Å². The molecule has 2 aromatic rings. The van der Waals surface area contributed by atoms with Crippen LogP contribution in [0.25, 0.3) is 0 Å². The molecule has 19 heavy (non-hydrogen) atoms. The molecule has 0 bridgehead atoms. The molecule has 0 amide bonds. The Bertz CT molecular complexity index is 600. The van der Waals surface area contributed by atoms with E-state index in [1.54, 1.807) is 6.07 Å². The van der Waals surface area contributed by atoms with Gasteiger partial charge in [0.25, 0.3) is 0 Å². The second-order valence-corrected chi connectivity index (χ2v) is 7.41. The normalized spacial score (nSPS) is 11.8. The standard InChI is InChI=1S/C13H18N2O2S2/c1-2-12-6-7-13(18-12)19(16,17)14-8-5-11-15-9-3-4-10-15/h3-4,6-7,9-10,14H,2,5,8,11H2,1H3. The number of aryl methyl sites for hydroxylation is 2. The number of thiophene rings is 1. The fourth-order valence-corrected chi connectivity index (χ4v) is 4.17. The summed E-state index contributed by atoms with van der Waals surface area (Å²) in [4.78, 5) is 1.09. The number of aromatic nitrogens is 1. The largest absolute Gasteiger partial charge is 0.354 e. The highest BCUT2D eigenvalue weighted by molar-refractivity contribution is 7.91. The van der Waals surface area contributed by atoms with Crippen molar-refractivity contribution in [2.75, 3.05) is 6.54 Å². The average molecular weight is 298 g/mol. The second kappa shape index (κ2) is 6.36. The molecule has 2 rings (SSSR count). The highest BCUT2D eigenvalue weighted by Crippen LogP contribution is 2.21. The highest BCUT2D eigenvalue weighted by Gasteiger charge is 2.15. The summed E-state index contributed by atoms with van der Waals surface area (Å²) in [5.41, 5.74) is 0. The van der Waals surface area contributed by atoms with Gasteiger partial charge in [-0.15, -0.1) is 11.3 Å². The van der Waals surface area contributed by atoms with Crippen LogP contribution in [0.15, 0.2) is 40.9 Å². The molecule has 0 radical (unpaired) electrons. The van der Waals surface area contributed by atoms with Gasteiger partial charge in [-0.25, -0.2) is 13.1 Å². The molecule has 2 aromatic heterocycles. The van der Waals surface area contributed by atoms with Gasteiger partial charge < -0.3 is 4.57 Å². The lowest BCUT2D eigenvalue weighted by Crippen LogP contribution is -2.24. The molecule has 2 heterocycles. The first-order valence-electron chi connectivity index (χ1n) is 6.31. The quantitative estimate of drug-likeness (QED) is 0.798. The summed E-state index contributed by atoms with van der Waals surface area (Å²) in [6.45, 7) is 3.30. The lowest BCUT2D eigenvalue weighted by Gasteiger charge is -2.05. The minimum absolute atomic E-state index is 0.408. The van der Waals surface area contributed by atoms with Crippen LogP contribution in [-0.2, 0) is 23.0 Å². The number of sulfonamides is 1. The number of hydrogen-bond acceptors (Lipinski definition) is 3. The first-order chi connectivity index (χ1) is 9.12. The average Bonchev–Trinajstić information content (AvgIpc) is 3.05. The first kappa shape index (κ1) is 14.3. The Labute approximate surface area is 118 Å². The van der Waals surface area contributed by atoms with Crippen molar-refractivity contribution in [2.45, 2.75) is 30.5 Å². The van der Waals surface area contributed by atoms with Gasteiger partial charge in [0.15, 0.2) is 0 Å². The zero-order chi connectivity index (χ0) is 13.7. The molecule has 0 saturated carbocycles. The summed E-state index contributed by atoms with van der Waals surface area (Å²) in [6.07, 6.45) is 5.59. The maximum absolute atomic E-state index is 12.0. The van der Waals surface area contributed by atoms with E-state index in [2.05, 4.69) is 4.72 Å². The summed E-state index contributed by atoms with van der Waals surface area (Å²) in [5.74, 6) is 0. The second-order valence-electron chi connectivity index (χ2n) is 4.25. The lowest BCUT2D eigenvalue weighted by atomic mass is 10.4. The van der Waals surface area contributed by atoms with Gasteiger partial charge in [-0.1, -0.05) is 6.92 Å². The van der Waals surface area contributed by atoms with Crippen molar-refractivity contribution in [3.05, 3.63) is 41.5 Å². The molecule has 0 aliphatic rings. The van der Waals surface area contributed by atoms with Gasteiger partial charge in [-0.2, -0.15) is 0 Å². The van der Waals surface area contributed by atoms with E-state index in [-0.39, 0.29) is 0 Å². The zero-order valence-corrected chi connectivity index (χ0v) is 12.5. The molecule has 0 fully saturated rings. The SMILES string of the molecule is CCc1ccc(S(=O)(=O)NCCCn2cccc2)s1. The van der Waals surface area contributed by atoms with Crippen molar-refractivity contribution >= 4 is 21.4 Å². The van der Waals surface area contributed by atoms with Crippen molar-refractivity contribution < 1.29 is 8.42 Å². The minimum atomic E-state index is -3.33. The van der Waals surface area contributed by atoms with E-state index in [0.29, 0.717) is 10.8 Å². The van der Waals surface area contributed by atoms with Gasteiger partial charge in [-0.3, -0.25) is 0 Å². The van der Waals surface area contributed by atoms with E-state index in [1.807, 2.05) is 42.1 Å². The van der Waals surface area contributed by atoms with Crippen LogP contribution < -0.4 is 4.72 Å². The van der Waals surface area contributed by atoms with Crippen LogP contribution in [-0.4, -0.2) is 19.5 Å². The Morgan fingerprint density at radius 2 is 2.00 bits per heavy atom. The Morgan fingerprint density at radius 1 is 1.26 bits per heavy atom. The fourth-order valence-electron chi connectivity index (χ4n) is 1.75. The number of rotatable bonds is 7. The third kappa shape index (κ3) is 3.92. The molecule has 104 valence electrons. The third-order valence-corrected chi connectivity index (χ3v) is 5.98. The summed E-state index contributed by atoms with van der Waals surface area (Å²) in [7, 11) is -3.33. The molecule has 0 saturated heterocycles. The summed E-state index contributed by atoms with van der Waals surface area (Å²) in [5, 5.41) is 0. The van der Waals surface area contributed by atoms with Crippen molar-refractivity contribution in [3.63, 3.8) is 0 Å². The molecular weight excluding hydrogens is 280 g/mol. The molecule has 4 nitrogen and oxygen atoms in total. The van der Waals surface area contributed by atoms with E-state index in [9.17, 15) is 8.42 Å². The lowest BCUT2D eigenvalue weighted by molar-refractivity contribution is 0.572. The summed E-state index contributed by atoms with van der Waals surface area (Å²) in [6, 6.07) is 7.47. The molecule has 0 atom stereocenters. The van der Waals surface area contributed by atoms with Crippen LogP contribution in [0.3, 0.4) is 0 Å². The van der Waals surface area contributed by atoms with Crippen molar-refractivity contribution in [3.8, 4) is 0 Å². The maximum Gasteiger partial charge on any atom is 0.250 e. The number of hydrogen-bond donors (Lipinski definition) is 1. The van der Waals surface area contributed by atoms with E-state index in [1.165, 1.54) is 11.3 Å². The first-order valence-corrected chi connectivity index (χ1v) is 8.61. The Kier molecular flexibility index (Phi) is 4.79. The van der Waals surface area contributed by atoms with Gasteiger partial charge >= 0.3 is 0 Å². The zero-order valence-electron chi connectivity index (χ0n) is 10.9. The summed E-state index contributed by atoms with van der Waals surface area (Å²) >= 11 is 1.34. The van der Waals surface area contributed by atoms with E-state index in [4.69, 9.17) is 0 Å². The van der Waals surface area contributed by atoms with E-state index < -0.39 is 10.0 Å². The minimum Gasteiger partial charge on any atom is -0.354 e. The molecular formula is C13H18N2O2S2. The Balaban J connectivity index is 1.84. The van der Waals surface area contributed by atoms with Crippen molar-refractivity contribution in [1.82, 2.24) is 9.29 Å². The van der Waals surface area contributed by atoms with Gasteiger partial charge in [-0.05, 0) is 37.1 Å². The number of nitrogens with zero attached hydrogens (tertiary/aromatic N) is 1. The molecule has 0 aromatic carbocycles. The highest BCUT2D eigenvalue weighted by atomic mass is 32.2. The monoisotopic (exact) mass is 298 g/mol. The Morgan fingerprint density at radius 3 is 2.63 bits per heavy atom. The predicted molar refractivity (Wildman–Crippen MR) is 77.9 cm³/mol. The molecule has 0 spiro atoms. The molecule has 0 unspecified atom stereocenters. The summed E-state index contributed by atoms with van der Waals surface area (Å²) < 4.78 is 29.1. The van der Waals surface area contributed by atoms with Gasteiger partial charge in [0.1, 0.15) is 4.21 Å².